The number of carbonyl (C=O) groups excluding carboxylic acids is 1. The van der Waals surface area contributed by atoms with Crippen LogP contribution in [0.1, 0.15) is 18.6 Å². The topological polar surface area (TPSA) is 79.2 Å². The van der Waals surface area contributed by atoms with Gasteiger partial charge in [-0.15, -0.1) is 0 Å². The molecule has 6 nitrogen and oxygen atoms in total. The third-order valence-electron chi connectivity index (χ3n) is 3.13. The molecule has 0 aliphatic carbocycles. The van der Waals surface area contributed by atoms with Crippen LogP contribution in [-0.2, 0) is 6.54 Å². The first-order valence-corrected chi connectivity index (χ1v) is 6.98. The molecular weight excluding hydrogens is 287 g/mol. The molecule has 3 N–H and O–H groups in total. The predicted octanol–water partition coefficient (Wildman–Crippen LogP) is 1.44. The Morgan fingerprint density at radius 3 is 2.77 bits per heavy atom. The smallest absolute Gasteiger partial charge is 0.315 e. The minimum absolute atomic E-state index is 0.0509. The second kappa shape index (κ2) is 7.56. The number of aromatic nitrogens is 2. The number of halogens is 1. The molecule has 0 spiro atoms. The summed E-state index contributed by atoms with van der Waals surface area (Å²) in [5.41, 5.74) is 0.549. The Bertz CT molecular complexity index is 586. The number of aliphatic hydroxyl groups is 1. The summed E-state index contributed by atoms with van der Waals surface area (Å²) in [6, 6.07) is 5.06. The third kappa shape index (κ3) is 4.85. The maximum absolute atomic E-state index is 12.8. The summed E-state index contributed by atoms with van der Waals surface area (Å²) in [6.45, 7) is 2.53. The number of aliphatic hydroxyl groups excluding tert-OH is 1. The van der Waals surface area contributed by atoms with Crippen molar-refractivity contribution in [2.45, 2.75) is 25.6 Å². The number of benzene rings is 1. The quantitative estimate of drug-likeness (QED) is 0.755. The van der Waals surface area contributed by atoms with Crippen LogP contribution in [0.2, 0.25) is 0 Å². The van der Waals surface area contributed by atoms with E-state index in [2.05, 4.69) is 15.6 Å². The summed E-state index contributed by atoms with van der Waals surface area (Å²) in [6.07, 6.45) is 4.28. The molecule has 2 rings (SSSR count). The lowest BCUT2D eigenvalue weighted by atomic mass is 10.1. The highest BCUT2D eigenvalue weighted by atomic mass is 19.1. The summed E-state index contributed by atoms with van der Waals surface area (Å²) >= 11 is 0. The van der Waals surface area contributed by atoms with Crippen molar-refractivity contribution in [1.29, 1.82) is 0 Å². The van der Waals surface area contributed by atoms with Crippen molar-refractivity contribution in [2.75, 3.05) is 6.54 Å². The second-order valence-corrected chi connectivity index (χ2v) is 5.08. The average Bonchev–Trinajstić information content (AvgIpc) is 2.98. The Morgan fingerprint density at radius 2 is 2.14 bits per heavy atom. The molecule has 2 amide bonds. The molecule has 22 heavy (non-hydrogen) atoms. The van der Waals surface area contributed by atoms with Gasteiger partial charge < -0.3 is 20.3 Å². The monoisotopic (exact) mass is 306 g/mol. The Morgan fingerprint density at radius 1 is 1.41 bits per heavy atom. The van der Waals surface area contributed by atoms with E-state index < -0.39 is 6.10 Å². The van der Waals surface area contributed by atoms with E-state index in [0.29, 0.717) is 12.1 Å². The van der Waals surface area contributed by atoms with Crippen LogP contribution in [0.4, 0.5) is 9.18 Å². The maximum Gasteiger partial charge on any atom is 0.315 e. The van der Waals surface area contributed by atoms with Gasteiger partial charge in [0.1, 0.15) is 5.82 Å². The number of nitrogens with zero attached hydrogens (tertiary/aromatic N) is 2. The third-order valence-corrected chi connectivity index (χ3v) is 3.13. The Kier molecular flexibility index (Phi) is 5.48. The second-order valence-electron chi connectivity index (χ2n) is 5.08. The van der Waals surface area contributed by atoms with E-state index in [4.69, 9.17) is 0 Å². The highest BCUT2D eigenvalue weighted by molar-refractivity contribution is 5.74. The molecule has 1 heterocycles. The summed E-state index contributed by atoms with van der Waals surface area (Å²) in [4.78, 5) is 15.7. The molecule has 0 saturated heterocycles. The van der Waals surface area contributed by atoms with Gasteiger partial charge in [-0.05, 0) is 24.6 Å². The Balaban J connectivity index is 1.73. The molecule has 0 fully saturated rings. The highest BCUT2D eigenvalue weighted by Gasteiger charge is 2.11. The van der Waals surface area contributed by atoms with Crippen molar-refractivity contribution < 1.29 is 14.3 Å². The molecule has 0 unspecified atom stereocenters. The van der Waals surface area contributed by atoms with Gasteiger partial charge in [-0.2, -0.15) is 0 Å². The van der Waals surface area contributed by atoms with Gasteiger partial charge >= 0.3 is 6.03 Å². The normalized spacial score (nSPS) is 13.4. The van der Waals surface area contributed by atoms with Crippen LogP contribution in [-0.4, -0.2) is 33.3 Å². The zero-order valence-electron chi connectivity index (χ0n) is 12.2. The molecule has 0 radical (unpaired) electrons. The maximum atomic E-state index is 12.8. The zero-order chi connectivity index (χ0) is 15.9. The minimum atomic E-state index is -0.879. The fraction of sp³-hybridized carbons (Fsp3) is 0.333. The molecule has 0 saturated carbocycles. The number of rotatable bonds is 6. The number of imidazole rings is 1. The first-order chi connectivity index (χ1) is 10.5. The van der Waals surface area contributed by atoms with Gasteiger partial charge in [0, 0.05) is 31.5 Å². The van der Waals surface area contributed by atoms with Crippen molar-refractivity contribution in [3.63, 3.8) is 0 Å². The Labute approximate surface area is 128 Å². The number of hydrogen-bond donors (Lipinski definition) is 3. The molecular formula is C15H19FN4O2. The fourth-order valence-electron chi connectivity index (χ4n) is 2.02. The van der Waals surface area contributed by atoms with Crippen molar-refractivity contribution in [3.8, 4) is 0 Å². The molecule has 118 valence electrons. The summed E-state index contributed by atoms with van der Waals surface area (Å²) in [5, 5.41) is 15.3. The number of urea groups is 1. The van der Waals surface area contributed by atoms with Gasteiger partial charge in [0.15, 0.2) is 0 Å². The van der Waals surface area contributed by atoms with Gasteiger partial charge in [-0.3, -0.25) is 0 Å². The van der Waals surface area contributed by atoms with Crippen molar-refractivity contribution in [2.24, 2.45) is 0 Å². The molecule has 2 aromatic rings. The van der Waals surface area contributed by atoms with E-state index in [-0.39, 0.29) is 24.4 Å². The number of nitrogens with one attached hydrogen (secondary N) is 2. The van der Waals surface area contributed by atoms with E-state index in [9.17, 15) is 14.3 Å². The van der Waals surface area contributed by atoms with E-state index >= 15 is 0 Å². The lowest BCUT2D eigenvalue weighted by Gasteiger charge is -2.17. The van der Waals surface area contributed by atoms with E-state index in [1.807, 2.05) is 17.7 Å². The lowest BCUT2D eigenvalue weighted by Crippen LogP contribution is -2.43. The lowest BCUT2D eigenvalue weighted by molar-refractivity contribution is 0.172. The molecule has 7 heteroatoms. The van der Waals surface area contributed by atoms with Crippen molar-refractivity contribution >= 4 is 6.03 Å². The molecule has 0 aliphatic rings. The average molecular weight is 306 g/mol. The standard InChI is InChI=1S/C15H19FN4O2/c1-11(9-20-7-6-17-10-20)19-15(22)18-8-14(21)12-2-4-13(16)5-3-12/h2-7,10-11,14,21H,8-9H2,1H3,(H2,18,19,22)/t11-,14-/m1/s1. The largest absolute Gasteiger partial charge is 0.387 e. The molecule has 0 bridgehead atoms. The van der Waals surface area contributed by atoms with Crippen LogP contribution >= 0.6 is 0 Å². The first kappa shape index (κ1) is 16.0. The Hall–Kier alpha value is -2.41. The van der Waals surface area contributed by atoms with Crippen LogP contribution in [0, 0.1) is 5.82 Å². The van der Waals surface area contributed by atoms with Gasteiger partial charge in [0.05, 0.1) is 12.4 Å². The molecule has 0 aliphatic heterocycles. The van der Waals surface area contributed by atoms with Crippen LogP contribution in [0.5, 0.6) is 0 Å². The summed E-state index contributed by atoms with van der Waals surface area (Å²) in [7, 11) is 0. The van der Waals surface area contributed by atoms with Gasteiger partial charge in [0.2, 0.25) is 0 Å². The minimum Gasteiger partial charge on any atom is -0.387 e. The fourth-order valence-corrected chi connectivity index (χ4v) is 2.02. The van der Waals surface area contributed by atoms with Crippen molar-refractivity contribution in [1.82, 2.24) is 20.2 Å². The first-order valence-electron chi connectivity index (χ1n) is 6.98. The highest BCUT2D eigenvalue weighted by Crippen LogP contribution is 2.12. The van der Waals surface area contributed by atoms with E-state index in [0.717, 1.165) is 0 Å². The van der Waals surface area contributed by atoms with Gasteiger partial charge in [-0.25, -0.2) is 14.2 Å². The van der Waals surface area contributed by atoms with Crippen LogP contribution in [0.15, 0.2) is 43.0 Å². The predicted molar refractivity (Wildman–Crippen MR) is 79.6 cm³/mol. The number of hydrogen-bond acceptors (Lipinski definition) is 3. The van der Waals surface area contributed by atoms with Crippen LogP contribution in [0.3, 0.4) is 0 Å². The molecule has 1 aromatic carbocycles. The number of amides is 2. The molecule has 2 atom stereocenters. The van der Waals surface area contributed by atoms with E-state index in [1.165, 1.54) is 24.3 Å². The van der Waals surface area contributed by atoms with Crippen molar-refractivity contribution in [3.05, 3.63) is 54.4 Å². The SMILES string of the molecule is C[C@H](Cn1ccnc1)NC(=O)NC[C@@H](O)c1ccc(F)cc1. The van der Waals surface area contributed by atoms with Crippen LogP contribution < -0.4 is 10.6 Å². The van der Waals surface area contributed by atoms with Crippen LogP contribution in [0.25, 0.3) is 0 Å². The van der Waals surface area contributed by atoms with Gasteiger partial charge in [0.25, 0.3) is 0 Å². The van der Waals surface area contributed by atoms with Gasteiger partial charge in [-0.1, -0.05) is 12.1 Å². The number of carbonyl (C=O) groups is 1. The zero-order valence-corrected chi connectivity index (χ0v) is 12.2. The van der Waals surface area contributed by atoms with E-state index in [1.54, 1.807) is 12.5 Å². The summed E-state index contributed by atoms with van der Waals surface area (Å²) < 4.78 is 14.7. The molecule has 1 aromatic heterocycles. The summed E-state index contributed by atoms with van der Waals surface area (Å²) in [5.74, 6) is -0.366.